The van der Waals surface area contributed by atoms with E-state index in [1.165, 1.54) is 193 Å². The van der Waals surface area contributed by atoms with Gasteiger partial charge in [-0.3, -0.25) is 0 Å². The highest BCUT2D eigenvalue weighted by atomic mass is 16.6. The quantitative estimate of drug-likeness (QED) is 0.0666. The topological polar surface area (TPSA) is 47.9 Å². The number of aliphatic hydroxyl groups excluding tert-OH is 1. The maximum atomic E-state index is 9.54. The summed E-state index contributed by atoms with van der Waals surface area (Å²) in [6, 6.07) is 0. The van der Waals surface area contributed by atoms with Crippen LogP contribution in [0.3, 0.4) is 0 Å². The fraction of sp³-hybridized carbons (Fsp3) is 1.00. The van der Waals surface area contributed by atoms with E-state index in [9.17, 15) is 5.11 Å². The van der Waals surface area contributed by atoms with Crippen molar-refractivity contribution < 1.29 is 19.3 Å². The van der Waals surface area contributed by atoms with E-state index in [4.69, 9.17) is 14.2 Å². The van der Waals surface area contributed by atoms with Crippen LogP contribution < -0.4 is 0 Å². The first-order valence-corrected chi connectivity index (χ1v) is 21.2. The molecule has 0 saturated carbocycles. The van der Waals surface area contributed by atoms with Crippen molar-refractivity contribution in [3.8, 4) is 0 Å². The maximum absolute atomic E-state index is 9.54. The number of hydrogen-bond acceptors (Lipinski definition) is 4. The second-order valence-corrected chi connectivity index (χ2v) is 14.6. The molecule has 4 nitrogen and oxygen atoms in total. The van der Waals surface area contributed by atoms with E-state index in [2.05, 4.69) is 13.8 Å². The van der Waals surface area contributed by atoms with E-state index in [1.807, 2.05) is 0 Å². The molecule has 0 heterocycles. The standard InChI is InChI=1S/C42H86O4/c1-4-6-8-10-12-14-16-18-20-22-24-26-28-30-32-34-36-44-39-42(40-45-38-41(3)43)46-37-35-33-31-29-27-25-23-21-19-17-15-13-11-9-7-5-2/h41-43H,4-40H2,1-3H3. The third kappa shape index (κ3) is 40.0. The fourth-order valence-electron chi connectivity index (χ4n) is 6.38. The van der Waals surface area contributed by atoms with E-state index < -0.39 is 6.10 Å². The Kier molecular flexibility index (Phi) is 40.9. The van der Waals surface area contributed by atoms with Gasteiger partial charge in [0, 0.05) is 13.2 Å². The van der Waals surface area contributed by atoms with Crippen LogP contribution in [-0.4, -0.2) is 50.3 Å². The van der Waals surface area contributed by atoms with Gasteiger partial charge in [-0.05, 0) is 19.8 Å². The number of aliphatic hydroxyl groups is 1. The SMILES string of the molecule is CCCCCCCCCCCCCCCCCCOCC(COCC(C)O)OCCCCCCCCCCCCCCCCCC. The van der Waals surface area contributed by atoms with Crippen LogP contribution in [0.4, 0.5) is 0 Å². The number of rotatable bonds is 41. The molecule has 278 valence electrons. The van der Waals surface area contributed by atoms with Crippen molar-refractivity contribution in [3.05, 3.63) is 0 Å². The highest BCUT2D eigenvalue weighted by molar-refractivity contribution is 4.58. The molecule has 46 heavy (non-hydrogen) atoms. The van der Waals surface area contributed by atoms with Gasteiger partial charge in [0.25, 0.3) is 0 Å². The van der Waals surface area contributed by atoms with Gasteiger partial charge < -0.3 is 19.3 Å². The van der Waals surface area contributed by atoms with E-state index >= 15 is 0 Å². The van der Waals surface area contributed by atoms with Crippen molar-refractivity contribution in [2.75, 3.05) is 33.0 Å². The van der Waals surface area contributed by atoms with Gasteiger partial charge in [0.15, 0.2) is 0 Å². The lowest BCUT2D eigenvalue weighted by Crippen LogP contribution is -2.28. The zero-order chi connectivity index (χ0) is 33.4. The molecule has 0 aromatic heterocycles. The van der Waals surface area contributed by atoms with Crippen LogP contribution in [0.15, 0.2) is 0 Å². The summed E-state index contributed by atoms with van der Waals surface area (Å²) in [6.45, 7) is 9.40. The minimum absolute atomic E-state index is 0.0313. The van der Waals surface area contributed by atoms with Gasteiger partial charge in [-0.2, -0.15) is 0 Å². The molecule has 0 spiro atoms. The predicted molar refractivity (Wildman–Crippen MR) is 202 cm³/mol. The molecule has 0 aliphatic carbocycles. The Morgan fingerprint density at radius 3 is 0.957 bits per heavy atom. The lowest BCUT2D eigenvalue weighted by Gasteiger charge is -2.19. The molecule has 0 amide bonds. The second kappa shape index (κ2) is 41.0. The summed E-state index contributed by atoms with van der Waals surface area (Å²) in [6.07, 6.45) is 43.9. The molecule has 0 aromatic carbocycles. The lowest BCUT2D eigenvalue weighted by atomic mass is 10.0. The molecular formula is C42H86O4. The van der Waals surface area contributed by atoms with Crippen molar-refractivity contribution in [3.63, 3.8) is 0 Å². The third-order valence-electron chi connectivity index (χ3n) is 9.46. The Balaban J connectivity index is 3.59. The van der Waals surface area contributed by atoms with Crippen LogP contribution in [0.25, 0.3) is 0 Å². The van der Waals surface area contributed by atoms with Crippen LogP contribution in [0.2, 0.25) is 0 Å². The van der Waals surface area contributed by atoms with Crippen LogP contribution >= 0.6 is 0 Å². The van der Waals surface area contributed by atoms with Crippen molar-refractivity contribution in [2.24, 2.45) is 0 Å². The first-order valence-electron chi connectivity index (χ1n) is 21.2. The predicted octanol–water partition coefficient (Wildman–Crippen LogP) is 13.3. The first-order chi connectivity index (χ1) is 22.7. The van der Waals surface area contributed by atoms with Crippen LogP contribution in [0, 0.1) is 0 Å². The lowest BCUT2D eigenvalue weighted by molar-refractivity contribution is -0.0712. The molecule has 0 bridgehead atoms. The summed E-state index contributed by atoms with van der Waals surface area (Å²) in [7, 11) is 0. The van der Waals surface area contributed by atoms with Crippen LogP contribution in [0.1, 0.15) is 226 Å². The number of ether oxygens (including phenoxy) is 3. The van der Waals surface area contributed by atoms with Crippen LogP contribution in [0.5, 0.6) is 0 Å². The maximum Gasteiger partial charge on any atom is 0.104 e. The number of unbranched alkanes of at least 4 members (excludes halogenated alkanes) is 30. The first kappa shape index (κ1) is 45.8. The minimum atomic E-state index is -0.438. The normalized spacial score (nSPS) is 13.0. The fourth-order valence-corrected chi connectivity index (χ4v) is 6.38. The highest BCUT2D eigenvalue weighted by Gasteiger charge is 2.11. The Labute approximate surface area is 290 Å². The van der Waals surface area contributed by atoms with E-state index in [0.29, 0.717) is 19.8 Å². The molecule has 0 fully saturated rings. The molecule has 0 aromatic rings. The average Bonchev–Trinajstić information content (AvgIpc) is 3.05. The summed E-state index contributed by atoms with van der Waals surface area (Å²) in [4.78, 5) is 0. The zero-order valence-electron chi connectivity index (χ0n) is 32.0. The Morgan fingerprint density at radius 1 is 0.348 bits per heavy atom. The molecular weight excluding hydrogens is 568 g/mol. The summed E-state index contributed by atoms with van der Waals surface area (Å²) in [5.74, 6) is 0. The molecule has 0 rings (SSSR count). The average molecular weight is 655 g/mol. The Morgan fingerprint density at radius 2 is 0.630 bits per heavy atom. The summed E-state index contributed by atoms with van der Waals surface area (Å²) in [5.41, 5.74) is 0. The molecule has 0 saturated heterocycles. The monoisotopic (exact) mass is 655 g/mol. The summed E-state index contributed by atoms with van der Waals surface area (Å²) >= 11 is 0. The van der Waals surface area contributed by atoms with Gasteiger partial charge in [0.2, 0.25) is 0 Å². The molecule has 1 N–H and O–H groups in total. The van der Waals surface area contributed by atoms with Gasteiger partial charge in [-0.25, -0.2) is 0 Å². The van der Waals surface area contributed by atoms with Crippen molar-refractivity contribution >= 4 is 0 Å². The minimum Gasteiger partial charge on any atom is -0.391 e. The van der Waals surface area contributed by atoms with E-state index in [-0.39, 0.29) is 6.10 Å². The molecule has 0 radical (unpaired) electrons. The van der Waals surface area contributed by atoms with Gasteiger partial charge in [0.1, 0.15) is 6.10 Å². The van der Waals surface area contributed by atoms with Gasteiger partial charge in [-0.15, -0.1) is 0 Å². The molecule has 2 atom stereocenters. The van der Waals surface area contributed by atoms with Gasteiger partial charge in [-0.1, -0.05) is 206 Å². The molecule has 2 unspecified atom stereocenters. The highest BCUT2D eigenvalue weighted by Crippen LogP contribution is 2.15. The molecule has 4 heteroatoms. The molecule has 0 aliphatic rings. The smallest absolute Gasteiger partial charge is 0.104 e. The third-order valence-corrected chi connectivity index (χ3v) is 9.46. The second-order valence-electron chi connectivity index (χ2n) is 14.6. The zero-order valence-corrected chi connectivity index (χ0v) is 32.0. The largest absolute Gasteiger partial charge is 0.391 e. The summed E-state index contributed by atoms with van der Waals surface area (Å²) < 4.78 is 17.8. The molecule has 0 aliphatic heterocycles. The number of hydrogen-bond donors (Lipinski definition) is 1. The summed E-state index contributed by atoms with van der Waals surface area (Å²) in [5, 5.41) is 9.54. The Hall–Kier alpha value is -0.160. The van der Waals surface area contributed by atoms with E-state index in [1.54, 1.807) is 6.92 Å². The van der Waals surface area contributed by atoms with Crippen molar-refractivity contribution in [1.82, 2.24) is 0 Å². The van der Waals surface area contributed by atoms with Crippen molar-refractivity contribution in [1.29, 1.82) is 0 Å². The van der Waals surface area contributed by atoms with Gasteiger partial charge in [0.05, 0.1) is 25.9 Å². The Bertz CT molecular complexity index is 526. The van der Waals surface area contributed by atoms with E-state index in [0.717, 1.165) is 26.1 Å². The van der Waals surface area contributed by atoms with Crippen LogP contribution in [-0.2, 0) is 14.2 Å². The van der Waals surface area contributed by atoms with Gasteiger partial charge >= 0.3 is 0 Å². The van der Waals surface area contributed by atoms with Crippen molar-refractivity contribution in [2.45, 2.75) is 238 Å².